The first-order valence-electron chi connectivity index (χ1n) is 7.90. The van der Waals surface area contributed by atoms with Crippen LogP contribution in [0, 0.1) is 0 Å². The van der Waals surface area contributed by atoms with Gasteiger partial charge in [-0.2, -0.15) is 0 Å². The molecule has 0 fully saturated rings. The number of unbranched alkanes of at least 4 members (excludes halogenated alkanes) is 8. The second kappa shape index (κ2) is 12.9. The highest BCUT2D eigenvalue weighted by Gasteiger charge is 2.06. The van der Waals surface area contributed by atoms with E-state index in [4.69, 9.17) is 4.74 Å². The zero-order valence-corrected chi connectivity index (χ0v) is 12.7. The number of hydrogen-bond donors (Lipinski definition) is 0. The third-order valence-electron chi connectivity index (χ3n) is 3.39. The summed E-state index contributed by atoms with van der Waals surface area (Å²) in [6.45, 7) is 6.24. The molecule has 0 unspecified atom stereocenters. The molecule has 0 saturated heterocycles. The van der Waals surface area contributed by atoms with E-state index in [1.54, 1.807) is 0 Å². The van der Waals surface area contributed by atoms with Gasteiger partial charge in [-0.05, 0) is 19.8 Å². The zero-order valence-electron chi connectivity index (χ0n) is 12.7. The minimum absolute atomic E-state index is 0.0210. The van der Waals surface area contributed by atoms with E-state index in [2.05, 4.69) is 6.92 Å². The van der Waals surface area contributed by atoms with Gasteiger partial charge in [0.1, 0.15) is 0 Å². The van der Waals surface area contributed by atoms with Crippen molar-refractivity contribution in [3.05, 3.63) is 0 Å². The van der Waals surface area contributed by atoms with Crippen molar-refractivity contribution in [3.8, 4) is 0 Å². The van der Waals surface area contributed by atoms with Crippen LogP contribution in [-0.4, -0.2) is 12.1 Å². The average molecular weight is 256 g/mol. The van der Waals surface area contributed by atoms with Crippen LogP contribution in [0.4, 0.5) is 0 Å². The Bertz CT molecular complexity index is 190. The summed E-state index contributed by atoms with van der Waals surface area (Å²) in [5, 5.41) is 0. The van der Waals surface area contributed by atoms with Crippen molar-refractivity contribution in [1.29, 1.82) is 0 Å². The van der Waals surface area contributed by atoms with Gasteiger partial charge in [-0.3, -0.25) is 4.79 Å². The maximum absolute atomic E-state index is 11.4. The van der Waals surface area contributed by atoms with Gasteiger partial charge in [0.05, 0.1) is 6.10 Å². The Balaban J connectivity index is 3.17. The lowest BCUT2D eigenvalue weighted by Gasteiger charge is -2.10. The molecule has 108 valence electrons. The lowest BCUT2D eigenvalue weighted by molar-refractivity contribution is -0.148. The van der Waals surface area contributed by atoms with Crippen molar-refractivity contribution in [2.24, 2.45) is 0 Å². The fraction of sp³-hybridized carbons (Fsp3) is 0.938. The van der Waals surface area contributed by atoms with E-state index in [0.717, 1.165) is 12.8 Å². The van der Waals surface area contributed by atoms with Crippen LogP contribution in [0.5, 0.6) is 0 Å². The summed E-state index contributed by atoms with van der Waals surface area (Å²) in [6, 6.07) is 0. The maximum Gasteiger partial charge on any atom is 0.306 e. The van der Waals surface area contributed by atoms with Gasteiger partial charge in [0.25, 0.3) is 0 Å². The molecule has 0 spiro atoms. The Morgan fingerprint density at radius 3 is 1.89 bits per heavy atom. The molecule has 2 nitrogen and oxygen atoms in total. The third-order valence-corrected chi connectivity index (χ3v) is 3.39. The first kappa shape index (κ1) is 17.5. The van der Waals surface area contributed by atoms with Crippen molar-refractivity contribution in [3.63, 3.8) is 0 Å². The maximum atomic E-state index is 11.4. The van der Waals surface area contributed by atoms with E-state index >= 15 is 0 Å². The quantitative estimate of drug-likeness (QED) is 0.352. The van der Waals surface area contributed by atoms with Gasteiger partial charge in [-0.25, -0.2) is 0 Å². The lowest BCUT2D eigenvalue weighted by Crippen LogP contribution is -2.13. The van der Waals surface area contributed by atoms with Crippen molar-refractivity contribution in [2.45, 2.75) is 97.5 Å². The fourth-order valence-corrected chi connectivity index (χ4v) is 1.95. The highest BCUT2D eigenvalue weighted by molar-refractivity contribution is 5.69. The first-order chi connectivity index (χ1) is 8.70. The highest BCUT2D eigenvalue weighted by atomic mass is 16.5. The van der Waals surface area contributed by atoms with Gasteiger partial charge in [-0.1, -0.05) is 65.2 Å². The van der Waals surface area contributed by atoms with E-state index in [9.17, 15) is 4.79 Å². The van der Waals surface area contributed by atoms with Crippen molar-refractivity contribution in [2.75, 3.05) is 0 Å². The summed E-state index contributed by atoms with van der Waals surface area (Å²) >= 11 is 0. The normalized spacial score (nSPS) is 12.4. The number of carbonyl (C=O) groups excluding carboxylic acids is 1. The van der Waals surface area contributed by atoms with E-state index in [1.165, 1.54) is 51.4 Å². The van der Waals surface area contributed by atoms with E-state index in [-0.39, 0.29) is 12.1 Å². The van der Waals surface area contributed by atoms with Crippen LogP contribution in [0.3, 0.4) is 0 Å². The Morgan fingerprint density at radius 1 is 0.889 bits per heavy atom. The molecular formula is C16H32O2. The molecule has 0 heterocycles. The largest absolute Gasteiger partial charge is 0.463 e. The summed E-state index contributed by atoms with van der Waals surface area (Å²) in [4.78, 5) is 11.4. The van der Waals surface area contributed by atoms with Crippen LogP contribution in [0.15, 0.2) is 0 Å². The standard InChI is InChI=1S/C16H32O2/c1-4-6-7-8-9-10-11-12-13-14-16(17)18-15(3)5-2/h15H,4-14H2,1-3H3/t15-/m1/s1. The minimum Gasteiger partial charge on any atom is -0.463 e. The molecule has 0 aromatic rings. The molecular weight excluding hydrogens is 224 g/mol. The number of hydrogen-bond acceptors (Lipinski definition) is 2. The van der Waals surface area contributed by atoms with Crippen molar-refractivity contribution >= 4 is 5.97 Å². The molecule has 1 atom stereocenters. The monoisotopic (exact) mass is 256 g/mol. The Kier molecular flexibility index (Phi) is 12.5. The zero-order chi connectivity index (χ0) is 13.6. The fourth-order valence-electron chi connectivity index (χ4n) is 1.95. The van der Waals surface area contributed by atoms with Gasteiger partial charge in [0.15, 0.2) is 0 Å². The first-order valence-corrected chi connectivity index (χ1v) is 7.90. The molecule has 2 heteroatoms. The summed E-state index contributed by atoms with van der Waals surface area (Å²) in [5.41, 5.74) is 0. The molecule has 0 bridgehead atoms. The van der Waals surface area contributed by atoms with Crippen molar-refractivity contribution < 1.29 is 9.53 Å². The van der Waals surface area contributed by atoms with E-state index in [0.29, 0.717) is 6.42 Å². The summed E-state index contributed by atoms with van der Waals surface area (Å²) in [7, 11) is 0. The van der Waals surface area contributed by atoms with Crippen molar-refractivity contribution in [1.82, 2.24) is 0 Å². The predicted molar refractivity (Wildman–Crippen MR) is 77.7 cm³/mol. The topological polar surface area (TPSA) is 26.3 Å². The minimum atomic E-state index is -0.0210. The highest BCUT2D eigenvalue weighted by Crippen LogP contribution is 2.11. The van der Waals surface area contributed by atoms with Crippen LogP contribution < -0.4 is 0 Å². The van der Waals surface area contributed by atoms with Gasteiger partial charge in [0, 0.05) is 6.42 Å². The van der Waals surface area contributed by atoms with Crippen LogP contribution in [0.25, 0.3) is 0 Å². The molecule has 0 amide bonds. The smallest absolute Gasteiger partial charge is 0.306 e. The molecule has 0 saturated carbocycles. The Labute approximate surface area is 113 Å². The number of ether oxygens (including phenoxy) is 1. The summed E-state index contributed by atoms with van der Waals surface area (Å²) in [5.74, 6) is -0.0210. The molecule has 0 aliphatic heterocycles. The van der Waals surface area contributed by atoms with E-state index in [1.807, 2.05) is 13.8 Å². The number of esters is 1. The predicted octanol–water partition coefficient (Wildman–Crippen LogP) is 5.25. The molecule has 0 aromatic carbocycles. The van der Waals surface area contributed by atoms with Crippen LogP contribution in [0.1, 0.15) is 91.4 Å². The van der Waals surface area contributed by atoms with Gasteiger partial charge < -0.3 is 4.74 Å². The SMILES string of the molecule is CCCCCCCCCCCC(=O)O[C@H](C)CC. The molecule has 0 radical (unpaired) electrons. The second-order valence-corrected chi connectivity index (χ2v) is 5.29. The van der Waals surface area contributed by atoms with Gasteiger partial charge in [0.2, 0.25) is 0 Å². The van der Waals surface area contributed by atoms with Crippen LogP contribution in [-0.2, 0) is 9.53 Å². The number of carbonyl (C=O) groups is 1. The molecule has 0 rings (SSSR count). The Hall–Kier alpha value is -0.530. The lowest BCUT2D eigenvalue weighted by atomic mass is 10.1. The van der Waals surface area contributed by atoms with E-state index < -0.39 is 0 Å². The van der Waals surface area contributed by atoms with Crippen LogP contribution in [0.2, 0.25) is 0 Å². The van der Waals surface area contributed by atoms with Gasteiger partial charge >= 0.3 is 5.97 Å². The third kappa shape index (κ3) is 11.9. The van der Waals surface area contributed by atoms with Gasteiger partial charge in [-0.15, -0.1) is 0 Å². The average Bonchev–Trinajstić information content (AvgIpc) is 2.36. The summed E-state index contributed by atoms with van der Waals surface area (Å²) in [6.07, 6.45) is 13.2. The summed E-state index contributed by atoms with van der Waals surface area (Å²) < 4.78 is 5.23. The number of rotatable bonds is 12. The molecule has 18 heavy (non-hydrogen) atoms. The molecule has 0 aliphatic rings. The molecule has 0 aromatic heterocycles. The Morgan fingerprint density at radius 2 is 1.39 bits per heavy atom. The molecule has 0 aliphatic carbocycles. The molecule has 0 N–H and O–H groups in total. The second-order valence-electron chi connectivity index (χ2n) is 5.29. The van der Waals surface area contributed by atoms with Crippen LogP contribution >= 0.6 is 0 Å².